The molecule has 5 atom stereocenters. The second kappa shape index (κ2) is 9.23. The topological polar surface area (TPSA) is 88.4 Å². The molecule has 0 saturated carbocycles. The van der Waals surface area contributed by atoms with E-state index in [0.717, 1.165) is 11.1 Å². The monoisotopic (exact) mass is 360 g/mol. The van der Waals surface area contributed by atoms with Crippen LogP contribution in [0.3, 0.4) is 0 Å². The molecule has 0 radical (unpaired) electrons. The molecule has 6 nitrogen and oxygen atoms in total. The van der Waals surface area contributed by atoms with E-state index in [-0.39, 0.29) is 13.2 Å². The zero-order valence-electron chi connectivity index (χ0n) is 14.3. The van der Waals surface area contributed by atoms with Gasteiger partial charge < -0.3 is 29.5 Å². The summed E-state index contributed by atoms with van der Waals surface area (Å²) < 4.78 is 16.9. The standard InChI is InChI=1S/C20H24O6/c21-17-18(22)20(23)26-16(13-24-11-14-7-3-1-4-8-14)19(17)25-12-15-9-5-2-6-10-15/h1-10,16-23H,11-13H2/t16-,17-,18-,19-,20-/m1/s1. The molecular formula is C20H24O6. The van der Waals surface area contributed by atoms with Crippen LogP contribution >= 0.6 is 0 Å². The van der Waals surface area contributed by atoms with Crippen molar-refractivity contribution in [2.45, 2.75) is 43.9 Å². The van der Waals surface area contributed by atoms with E-state index in [4.69, 9.17) is 14.2 Å². The van der Waals surface area contributed by atoms with Crippen molar-refractivity contribution in [2.24, 2.45) is 0 Å². The van der Waals surface area contributed by atoms with E-state index in [0.29, 0.717) is 6.61 Å². The molecule has 0 spiro atoms. The van der Waals surface area contributed by atoms with Gasteiger partial charge in [0.25, 0.3) is 0 Å². The molecule has 0 unspecified atom stereocenters. The molecule has 0 aromatic heterocycles. The summed E-state index contributed by atoms with van der Waals surface area (Å²) in [6, 6.07) is 19.2. The Morgan fingerprint density at radius 3 is 1.96 bits per heavy atom. The van der Waals surface area contributed by atoms with Gasteiger partial charge in [0, 0.05) is 0 Å². The van der Waals surface area contributed by atoms with Gasteiger partial charge in [-0.2, -0.15) is 0 Å². The zero-order chi connectivity index (χ0) is 18.4. The molecule has 0 bridgehead atoms. The highest BCUT2D eigenvalue weighted by atomic mass is 16.7. The molecule has 26 heavy (non-hydrogen) atoms. The number of aliphatic hydroxyl groups excluding tert-OH is 3. The van der Waals surface area contributed by atoms with Crippen molar-refractivity contribution < 1.29 is 29.5 Å². The lowest BCUT2D eigenvalue weighted by Gasteiger charge is -2.40. The summed E-state index contributed by atoms with van der Waals surface area (Å²) >= 11 is 0. The van der Waals surface area contributed by atoms with Crippen LogP contribution in [0, 0.1) is 0 Å². The van der Waals surface area contributed by atoms with Crippen LogP contribution in [0.4, 0.5) is 0 Å². The third-order valence-corrected chi connectivity index (χ3v) is 4.34. The van der Waals surface area contributed by atoms with Crippen molar-refractivity contribution in [3.63, 3.8) is 0 Å². The van der Waals surface area contributed by atoms with Gasteiger partial charge in [-0.05, 0) is 11.1 Å². The highest BCUT2D eigenvalue weighted by Gasteiger charge is 2.44. The first-order valence-corrected chi connectivity index (χ1v) is 8.62. The molecule has 0 amide bonds. The molecule has 1 fully saturated rings. The molecule has 1 saturated heterocycles. The molecular weight excluding hydrogens is 336 g/mol. The molecule has 2 aromatic carbocycles. The van der Waals surface area contributed by atoms with E-state index >= 15 is 0 Å². The van der Waals surface area contributed by atoms with Crippen LogP contribution in [0.2, 0.25) is 0 Å². The summed E-state index contributed by atoms with van der Waals surface area (Å²) in [5.74, 6) is 0. The fourth-order valence-electron chi connectivity index (χ4n) is 2.89. The Balaban J connectivity index is 1.59. The Labute approximate surface area is 152 Å². The molecule has 2 aromatic rings. The van der Waals surface area contributed by atoms with E-state index in [2.05, 4.69) is 0 Å². The minimum absolute atomic E-state index is 0.120. The van der Waals surface area contributed by atoms with Crippen LogP contribution in [0.25, 0.3) is 0 Å². The smallest absolute Gasteiger partial charge is 0.184 e. The summed E-state index contributed by atoms with van der Waals surface area (Å²) in [5, 5.41) is 30.0. The van der Waals surface area contributed by atoms with Crippen LogP contribution in [0.1, 0.15) is 11.1 Å². The van der Waals surface area contributed by atoms with Crippen molar-refractivity contribution in [1.29, 1.82) is 0 Å². The summed E-state index contributed by atoms with van der Waals surface area (Å²) in [6.45, 7) is 0.750. The van der Waals surface area contributed by atoms with Gasteiger partial charge in [0.05, 0.1) is 19.8 Å². The zero-order valence-corrected chi connectivity index (χ0v) is 14.3. The Hall–Kier alpha value is -1.80. The van der Waals surface area contributed by atoms with E-state index in [1.165, 1.54) is 0 Å². The third kappa shape index (κ3) is 4.88. The molecule has 1 aliphatic heterocycles. The first-order chi connectivity index (χ1) is 12.6. The predicted octanol–water partition coefficient (Wildman–Crippen LogP) is 1.23. The van der Waals surface area contributed by atoms with Gasteiger partial charge in [0.2, 0.25) is 0 Å². The second-order valence-corrected chi connectivity index (χ2v) is 6.31. The summed E-state index contributed by atoms with van der Waals surface area (Å²) in [7, 11) is 0. The van der Waals surface area contributed by atoms with E-state index < -0.39 is 30.7 Å². The molecule has 3 rings (SSSR count). The van der Waals surface area contributed by atoms with Crippen LogP contribution in [-0.4, -0.2) is 52.6 Å². The number of benzene rings is 2. The maximum absolute atomic E-state index is 10.3. The number of ether oxygens (including phenoxy) is 3. The lowest BCUT2D eigenvalue weighted by atomic mass is 9.99. The van der Waals surface area contributed by atoms with Crippen molar-refractivity contribution >= 4 is 0 Å². The number of aliphatic hydroxyl groups is 3. The van der Waals surface area contributed by atoms with Crippen molar-refractivity contribution in [2.75, 3.05) is 6.61 Å². The first kappa shape index (κ1) is 19.0. The van der Waals surface area contributed by atoms with E-state index in [1.54, 1.807) is 0 Å². The average molecular weight is 360 g/mol. The molecule has 1 heterocycles. The van der Waals surface area contributed by atoms with Crippen molar-refractivity contribution in [3.05, 3.63) is 71.8 Å². The van der Waals surface area contributed by atoms with Crippen LogP contribution in [-0.2, 0) is 27.4 Å². The molecule has 6 heteroatoms. The largest absolute Gasteiger partial charge is 0.387 e. The maximum Gasteiger partial charge on any atom is 0.184 e. The second-order valence-electron chi connectivity index (χ2n) is 6.31. The number of rotatable bonds is 7. The van der Waals surface area contributed by atoms with Gasteiger partial charge in [-0.3, -0.25) is 0 Å². The highest BCUT2D eigenvalue weighted by Crippen LogP contribution is 2.24. The van der Waals surface area contributed by atoms with Crippen LogP contribution < -0.4 is 0 Å². The minimum atomic E-state index is -1.48. The van der Waals surface area contributed by atoms with Gasteiger partial charge in [-0.25, -0.2) is 0 Å². The number of hydrogen-bond donors (Lipinski definition) is 3. The van der Waals surface area contributed by atoms with Gasteiger partial charge >= 0.3 is 0 Å². The van der Waals surface area contributed by atoms with Gasteiger partial charge in [0.1, 0.15) is 24.4 Å². The number of hydrogen-bond acceptors (Lipinski definition) is 6. The average Bonchev–Trinajstić information content (AvgIpc) is 2.67. The van der Waals surface area contributed by atoms with Crippen LogP contribution in [0.5, 0.6) is 0 Å². The molecule has 140 valence electrons. The summed E-state index contributed by atoms with van der Waals surface area (Å²) in [4.78, 5) is 0. The van der Waals surface area contributed by atoms with Gasteiger partial charge in [-0.15, -0.1) is 0 Å². The van der Waals surface area contributed by atoms with E-state index in [9.17, 15) is 15.3 Å². The SMILES string of the molecule is O[C@@H]1[C@@H](O)[C@H](O)O[C@H](COCc2ccccc2)[C@H]1OCc1ccccc1. The molecule has 3 N–H and O–H groups in total. The van der Waals surface area contributed by atoms with Gasteiger partial charge in [-0.1, -0.05) is 60.7 Å². The lowest BCUT2D eigenvalue weighted by Crippen LogP contribution is -2.59. The predicted molar refractivity (Wildman–Crippen MR) is 94.0 cm³/mol. The van der Waals surface area contributed by atoms with Gasteiger partial charge in [0.15, 0.2) is 6.29 Å². The summed E-state index contributed by atoms with van der Waals surface area (Å²) in [5.41, 5.74) is 1.94. The van der Waals surface area contributed by atoms with Crippen molar-refractivity contribution in [1.82, 2.24) is 0 Å². The van der Waals surface area contributed by atoms with Crippen molar-refractivity contribution in [3.8, 4) is 0 Å². The van der Waals surface area contributed by atoms with Crippen LogP contribution in [0.15, 0.2) is 60.7 Å². The Morgan fingerprint density at radius 1 is 0.769 bits per heavy atom. The lowest BCUT2D eigenvalue weighted by molar-refractivity contribution is -0.298. The maximum atomic E-state index is 10.3. The first-order valence-electron chi connectivity index (χ1n) is 8.62. The molecule has 1 aliphatic rings. The normalized spacial score (nSPS) is 28.8. The Bertz CT molecular complexity index is 650. The van der Waals surface area contributed by atoms with E-state index in [1.807, 2.05) is 60.7 Å². The molecule has 0 aliphatic carbocycles. The fourth-order valence-corrected chi connectivity index (χ4v) is 2.89. The fraction of sp³-hybridized carbons (Fsp3) is 0.400. The minimum Gasteiger partial charge on any atom is -0.387 e. The third-order valence-electron chi connectivity index (χ3n) is 4.34. The Kier molecular flexibility index (Phi) is 6.73. The Morgan fingerprint density at radius 2 is 1.35 bits per heavy atom. The summed E-state index contributed by atoms with van der Waals surface area (Å²) in [6.07, 6.45) is -5.69. The highest BCUT2D eigenvalue weighted by molar-refractivity contribution is 5.14. The quantitative estimate of drug-likeness (QED) is 0.688.